The Balaban J connectivity index is 1.53. The Labute approximate surface area is 243 Å². The largest absolute Gasteiger partial charge is 0.508 e. The maximum Gasteiger partial charge on any atom is 0.271 e. The molecule has 1 saturated carbocycles. The Morgan fingerprint density at radius 1 is 1.05 bits per heavy atom. The van der Waals surface area contributed by atoms with E-state index in [9.17, 15) is 34.4 Å². The van der Waals surface area contributed by atoms with Crippen LogP contribution in [0.1, 0.15) is 24.3 Å². The van der Waals surface area contributed by atoms with Gasteiger partial charge in [-0.15, -0.1) is 23.2 Å². The lowest BCUT2D eigenvalue weighted by molar-refractivity contribution is -0.384. The average molecular weight is 600 g/mol. The molecule has 11 nitrogen and oxygen atoms in total. The first-order valence-corrected chi connectivity index (χ1v) is 13.5. The fourth-order valence-corrected chi connectivity index (χ4v) is 8.06. The Hall–Kier alpha value is -3.96. The van der Waals surface area contributed by atoms with Gasteiger partial charge in [-0.25, -0.2) is 4.90 Å². The van der Waals surface area contributed by atoms with Crippen LogP contribution in [0.25, 0.3) is 0 Å². The van der Waals surface area contributed by atoms with Crippen molar-refractivity contribution < 1.29 is 33.9 Å². The van der Waals surface area contributed by atoms with Gasteiger partial charge < -0.3 is 9.84 Å². The molecule has 0 aromatic heterocycles. The minimum absolute atomic E-state index is 0.0546. The summed E-state index contributed by atoms with van der Waals surface area (Å²) in [6.07, 6.45) is 1.59. The minimum Gasteiger partial charge on any atom is -0.508 e. The lowest BCUT2D eigenvalue weighted by atomic mass is 9.56. The number of non-ortho nitro benzene ring substituents is 1. The smallest absolute Gasteiger partial charge is 0.271 e. The predicted molar refractivity (Wildman–Crippen MR) is 146 cm³/mol. The minimum atomic E-state index is -2.08. The number of hydrogen-bond acceptors (Lipinski definition) is 8. The lowest BCUT2D eigenvalue weighted by Gasteiger charge is -2.50. The van der Waals surface area contributed by atoms with Crippen molar-refractivity contribution in [1.29, 1.82) is 0 Å². The summed E-state index contributed by atoms with van der Waals surface area (Å²) in [6, 6.07) is 9.73. The molecule has 2 heterocycles. The maximum absolute atomic E-state index is 14.0. The molecule has 0 bridgehead atoms. The zero-order valence-corrected chi connectivity index (χ0v) is 23.3. The van der Waals surface area contributed by atoms with E-state index in [1.165, 1.54) is 38.4 Å². The Bertz CT molecular complexity index is 1610. The third-order valence-electron chi connectivity index (χ3n) is 8.86. The normalized spacial score (nSPS) is 32.4. The number of anilines is 1. The molecule has 2 aromatic carbocycles. The van der Waals surface area contributed by atoms with Crippen LogP contribution in [-0.4, -0.2) is 62.5 Å². The second-order valence-corrected chi connectivity index (χ2v) is 11.9. The van der Waals surface area contributed by atoms with Crippen LogP contribution in [0.5, 0.6) is 11.5 Å². The summed E-state index contributed by atoms with van der Waals surface area (Å²) >= 11 is 14.2. The van der Waals surface area contributed by atoms with Gasteiger partial charge in [0, 0.05) is 30.7 Å². The third-order valence-corrected chi connectivity index (χ3v) is 10.3. The number of nitro groups is 1. The van der Waals surface area contributed by atoms with Gasteiger partial charge in [-0.3, -0.25) is 34.2 Å². The Kier molecular flexibility index (Phi) is 5.99. The average Bonchev–Trinajstić information content (AvgIpc) is 3.28. The number of allylic oxidation sites excluding steroid dienone is 2. The number of benzene rings is 2. The zero-order valence-electron chi connectivity index (χ0n) is 21.7. The number of ether oxygens (including phenoxy) is 1. The molecular weight excluding hydrogens is 577 g/mol. The van der Waals surface area contributed by atoms with Gasteiger partial charge in [0.1, 0.15) is 11.5 Å². The van der Waals surface area contributed by atoms with Crippen LogP contribution < -0.4 is 9.64 Å². The van der Waals surface area contributed by atoms with E-state index in [4.69, 9.17) is 27.9 Å². The Morgan fingerprint density at radius 3 is 2.44 bits per heavy atom. The molecule has 2 aliphatic heterocycles. The first-order valence-electron chi connectivity index (χ1n) is 12.8. The number of amides is 4. The van der Waals surface area contributed by atoms with E-state index >= 15 is 0 Å². The summed E-state index contributed by atoms with van der Waals surface area (Å²) in [6.45, 7) is 0. The van der Waals surface area contributed by atoms with E-state index in [1.807, 2.05) is 0 Å². The number of hydrogen-bond donors (Lipinski definition) is 1. The number of halogens is 2. The van der Waals surface area contributed by atoms with E-state index in [2.05, 4.69) is 0 Å². The molecule has 2 aromatic rings. The van der Waals surface area contributed by atoms with Gasteiger partial charge in [0.05, 0.1) is 29.6 Å². The number of fused-ring (bicyclic) bond motifs is 4. The molecule has 4 amide bonds. The first-order chi connectivity index (χ1) is 19.4. The quantitative estimate of drug-likeness (QED) is 0.184. The molecule has 1 N–H and O–H groups in total. The van der Waals surface area contributed by atoms with E-state index in [0.29, 0.717) is 5.57 Å². The van der Waals surface area contributed by atoms with E-state index < -0.39 is 62.0 Å². The number of imide groups is 2. The number of likely N-dealkylation sites (tertiary alicyclic amines) is 1. The van der Waals surface area contributed by atoms with Gasteiger partial charge in [0.25, 0.3) is 17.5 Å². The van der Waals surface area contributed by atoms with Crippen LogP contribution >= 0.6 is 23.2 Å². The highest BCUT2D eigenvalue weighted by atomic mass is 35.5. The van der Waals surface area contributed by atoms with Crippen LogP contribution in [0.2, 0.25) is 0 Å². The molecule has 2 aliphatic carbocycles. The van der Waals surface area contributed by atoms with Crippen molar-refractivity contribution in [2.45, 2.75) is 28.5 Å². The number of phenolic OH excluding ortho intramolecular Hbond substituents is 1. The lowest BCUT2D eigenvalue weighted by Crippen LogP contribution is -2.60. The SMILES string of the molecule is COc1cccc(O)c1[C@H]1C2=CC[C@@H]3C(=O)N(c4cccc([N+](=O)[O-])c4)C(=O)[C@@H]3[C@@H]2C[C@@]2(Cl)C(=O)N(C)C(=O)[C@@]12Cl. The fourth-order valence-electron chi connectivity index (χ4n) is 7.06. The number of rotatable bonds is 4. The molecule has 13 heteroatoms. The summed E-state index contributed by atoms with van der Waals surface area (Å²) in [7, 11) is 2.65. The van der Waals surface area contributed by atoms with Crippen LogP contribution in [0.4, 0.5) is 11.4 Å². The van der Waals surface area contributed by atoms with Gasteiger partial charge in [0.15, 0.2) is 9.75 Å². The van der Waals surface area contributed by atoms with E-state index in [0.717, 1.165) is 15.9 Å². The van der Waals surface area contributed by atoms with Crippen molar-refractivity contribution in [2.24, 2.45) is 17.8 Å². The van der Waals surface area contributed by atoms with Gasteiger partial charge >= 0.3 is 0 Å². The van der Waals surface area contributed by atoms with Crippen LogP contribution in [0.3, 0.4) is 0 Å². The molecule has 0 unspecified atom stereocenters. The number of phenols is 1. The van der Waals surface area contributed by atoms with Gasteiger partial charge in [0.2, 0.25) is 11.8 Å². The molecule has 41 heavy (non-hydrogen) atoms. The predicted octanol–water partition coefficient (Wildman–Crippen LogP) is 3.50. The molecule has 6 rings (SSSR count). The van der Waals surface area contributed by atoms with Crippen molar-refractivity contribution in [3.8, 4) is 11.5 Å². The summed E-state index contributed by atoms with van der Waals surface area (Å²) in [5.41, 5.74) is 0.383. The zero-order chi connectivity index (χ0) is 29.6. The van der Waals surface area contributed by atoms with Crippen LogP contribution in [0.15, 0.2) is 54.1 Å². The standard InChI is InChI=1S/C28H23Cl2N3O8/c1-31-25(37)27(29)12-17-15(22(28(27,30)26(31)38)21-18(34)7-4-8-19(21)41-2)9-10-16-20(17)24(36)32(23(16)35)13-5-3-6-14(11-13)33(39)40/h3-9,11,16-17,20,22,34H,10,12H2,1-2H3/t16-,17+,20-,22+,27+,28-/m0/s1. The number of nitro benzene ring substituents is 1. The summed E-state index contributed by atoms with van der Waals surface area (Å²) in [5, 5.41) is 22.4. The van der Waals surface area contributed by atoms with Crippen molar-refractivity contribution in [1.82, 2.24) is 4.90 Å². The number of alkyl halides is 2. The molecule has 4 aliphatic rings. The Morgan fingerprint density at radius 2 is 1.76 bits per heavy atom. The number of carbonyl (C=O) groups excluding carboxylic acids is 4. The summed E-state index contributed by atoms with van der Waals surface area (Å²) < 4.78 is 5.52. The number of nitrogens with zero attached hydrogens (tertiary/aromatic N) is 3. The van der Waals surface area contributed by atoms with Crippen molar-refractivity contribution in [3.63, 3.8) is 0 Å². The van der Waals surface area contributed by atoms with Crippen molar-refractivity contribution in [2.75, 3.05) is 19.1 Å². The summed E-state index contributed by atoms with van der Waals surface area (Å²) in [4.78, 5) is 63.3. The summed E-state index contributed by atoms with van der Waals surface area (Å²) in [5.74, 6) is -6.56. The molecule has 0 spiro atoms. The van der Waals surface area contributed by atoms with Crippen molar-refractivity contribution >= 4 is 58.2 Å². The molecule has 3 fully saturated rings. The number of methoxy groups -OCH3 is 1. The van der Waals surface area contributed by atoms with Gasteiger partial charge in [-0.05, 0) is 37.0 Å². The topological polar surface area (TPSA) is 147 Å². The monoisotopic (exact) mass is 599 g/mol. The van der Waals surface area contributed by atoms with E-state index in [1.54, 1.807) is 18.2 Å². The van der Waals surface area contributed by atoms with E-state index in [-0.39, 0.29) is 41.3 Å². The number of aromatic hydroxyl groups is 1. The molecule has 2 saturated heterocycles. The highest BCUT2D eigenvalue weighted by Crippen LogP contribution is 2.66. The van der Waals surface area contributed by atoms with Crippen LogP contribution in [-0.2, 0) is 19.2 Å². The fraction of sp³-hybridized carbons (Fsp3) is 0.357. The third kappa shape index (κ3) is 3.39. The van der Waals surface area contributed by atoms with Crippen molar-refractivity contribution in [3.05, 3.63) is 69.8 Å². The molecule has 0 radical (unpaired) electrons. The highest BCUT2D eigenvalue weighted by Gasteiger charge is 2.76. The molecule has 6 atom stereocenters. The maximum atomic E-state index is 14.0. The molecule has 212 valence electrons. The second-order valence-electron chi connectivity index (χ2n) is 10.7. The number of carbonyl (C=O) groups is 4. The van der Waals surface area contributed by atoms with Gasteiger partial charge in [-0.2, -0.15) is 0 Å². The van der Waals surface area contributed by atoms with Gasteiger partial charge in [-0.1, -0.05) is 23.8 Å². The molecular formula is C28H23Cl2N3O8. The second kappa shape index (κ2) is 9.02. The van der Waals surface area contributed by atoms with Crippen LogP contribution in [0, 0.1) is 27.9 Å². The first kappa shape index (κ1) is 27.2. The highest BCUT2D eigenvalue weighted by molar-refractivity contribution is 6.53.